The van der Waals surface area contributed by atoms with Crippen molar-refractivity contribution in [1.29, 1.82) is 0 Å². The summed E-state index contributed by atoms with van der Waals surface area (Å²) in [7, 11) is 1.02. The molecule has 0 bridgehead atoms. The minimum Gasteiger partial charge on any atom is -0.325 e. The number of hydrogen-bond acceptors (Lipinski definition) is 4. The molecule has 0 radical (unpaired) electrons. The van der Waals surface area contributed by atoms with E-state index in [2.05, 4.69) is 36.5 Å². The van der Waals surface area contributed by atoms with Gasteiger partial charge in [-0.15, -0.1) is 0 Å². The lowest BCUT2D eigenvalue weighted by molar-refractivity contribution is -0.117. The van der Waals surface area contributed by atoms with E-state index in [-0.39, 0.29) is 22.4 Å². The first-order valence-electron chi connectivity index (χ1n) is 8.91. The molecule has 6 nitrogen and oxygen atoms in total. The molecular formula is C20H26ClN3O3S. The van der Waals surface area contributed by atoms with Crippen LogP contribution in [-0.2, 0) is 27.8 Å². The predicted octanol–water partition coefficient (Wildman–Crippen LogP) is 3.22. The molecule has 0 spiro atoms. The summed E-state index contributed by atoms with van der Waals surface area (Å²) >= 11 is 6.03. The number of rotatable bonds is 8. The van der Waals surface area contributed by atoms with Crippen molar-refractivity contribution >= 4 is 33.2 Å². The fourth-order valence-corrected chi connectivity index (χ4v) is 4.06. The van der Waals surface area contributed by atoms with Gasteiger partial charge in [-0.25, -0.2) is 12.7 Å². The maximum atomic E-state index is 12.3. The Morgan fingerprint density at radius 2 is 1.64 bits per heavy atom. The molecule has 0 aliphatic carbocycles. The molecule has 0 atom stereocenters. The first-order valence-corrected chi connectivity index (χ1v) is 10.7. The van der Waals surface area contributed by atoms with E-state index in [0.717, 1.165) is 16.3 Å². The van der Waals surface area contributed by atoms with Gasteiger partial charge < -0.3 is 5.32 Å². The number of sulfonamides is 1. The number of carbonyl (C=O) groups is 1. The first-order chi connectivity index (χ1) is 13.1. The highest BCUT2D eigenvalue weighted by molar-refractivity contribution is 7.89. The SMILES string of the molecule is CCc1ccc(CN(C)CC(=O)Nc2ccc(Cl)c(S(=O)(=O)N(C)C)c2)cc1. The molecule has 0 heterocycles. The Hall–Kier alpha value is -1.93. The lowest BCUT2D eigenvalue weighted by Crippen LogP contribution is -2.30. The van der Waals surface area contributed by atoms with Gasteiger partial charge in [-0.1, -0.05) is 42.8 Å². The fraction of sp³-hybridized carbons (Fsp3) is 0.350. The Morgan fingerprint density at radius 1 is 1.04 bits per heavy atom. The Balaban J connectivity index is 2.02. The Morgan fingerprint density at radius 3 is 2.21 bits per heavy atom. The molecule has 2 aromatic rings. The lowest BCUT2D eigenvalue weighted by atomic mass is 10.1. The third kappa shape index (κ3) is 5.78. The Kier molecular flexibility index (Phi) is 7.60. The molecule has 152 valence electrons. The summed E-state index contributed by atoms with van der Waals surface area (Å²) in [6.07, 6.45) is 0.991. The van der Waals surface area contributed by atoms with Gasteiger partial charge >= 0.3 is 0 Å². The number of halogens is 1. The van der Waals surface area contributed by atoms with Crippen molar-refractivity contribution in [3.05, 3.63) is 58.6 Å². The quantitative estimate of drug-likeness (QED) is 0.707. The second kappa shape index (κ2) is 9.52. The van der Waals surface area contributed by atoms with E-state index in [1.54, 1.807) is 6.07 Å². The van der Waals surface area contributed by atoms with Gasteiger partial charge in [0.05, 0.1) is 11.6 Å². The summed E-state index contributed by atoms with van der Waals surface area (Å²) in [5.41, 5.74) is 2.78. The van der Waals surface area contributed by atoms with Crippen molar-refractivity contribution in [2.75, 3.05) is 33.0 Å². The molecule has 8 heteroatoms. The van der Waals surface area contributed by atoms with Crippen molar-refractivity contribution in [2.45, 2.75) is 24.8 Å². The van der Waals surface area contributed by atoms with Gasteiger partial charge in [0.2, 0.25) is 15.9 Å². The summed E-state index contributed by atoms with van der Waals surface area (Å²) in [5, 5.41) is 2.84. The zero-order valence-electron chi connectivity index (χ0n) is 16.6. The lowest BCUT2D eigenvalue weighted by Gasteiger charge is -2.17. The van der Waals surface area contributed by atoms with Gasteiger partial charge in [-0.3, -0.25) is 9.69 Å². The number of hydrogen-bond donors (Lipinski definition) is 1. The molecule has 2 rings (SSSR count). The van der Waals surface area contributed by atoms with Crippen LogP contribution >= 0.6 is 11.6 Å². The van der Waals surface area contributed by atoms with E-state index in [1.807, 2.05) is 11.9 Å². The van der Waals surface area contributed by atoms with Crippen LogP contribution in [0.15, 0.2) is 47.4 Å². The fourth-order valence-electron chi connectivity index (χ4n) is 2.67. The maximum Gasteiger partial charge on any atom is 0.244 e. The van der Waals surface area contributed by atoms with Crippen molar-refractivity contribution in [2.24, 2.45) is 0 Å². The second-order valence-electron chi connectivity index (χ2n) is 6.82. The molecule has 28 heavy (non-hydrogen) atoms. The second-order valence-corrected chi connectivity index (χ2v) is 9.35. The molecule has 0 saturated heterocycles. The number of anilines is 1. The van der Waals surface area contributed by atoms with Gasteiger partial charge in [0.25, 0.3) is 0 Å². The smallest absolute Gasteiger partial charge is 0.244 e. The topological polar surface area (TPSA) is 69.7 Å². The minimum absolute atomic E-state index is 0.0404. The van der Waals surface area contributed by atoms with Crippen molar-refractivity contribution < 1.29 is 13.2 Å². The standard InChI is InChI=1S/C20H26ClN3O3S/c1-5-15-6-8-16(9-7-15)13-24(4)14-20(25)22-17-10-11-18(21)19(12-17)28(26,27)23(2)3/h6-12H,5,13-14H2,1-4H3,(H,22,25). The van der Waals surface area contributed by atoms with Gasteiger partial charge in [0.15, 0.2) is 0 Å². The summed E-state index contributed by atoms with van der Waals surface area (Å²) in [6, 6.07) is 12.7. The van der Waals surface area contributed by atoms with Gasteiger partial charge in [-0.2, -0.15) is 0 Å². The Bertz CT molecular complexity index is 928. The minimum atomic E-state index is -3.70. The zero-order chi connectivity index (χ0) is 20.9. The summed E-state index contributed by atoms with van der Waals surface area (Å²) in [5.74, 6) is -0.233. The van der Waals surface area contributed by atoms with E-state index in [0.29, 0.717) is 12.2 Å². The summed E-state index contributed by atoms with van der Waals surface area (Å²) in [4.78, 5) is 14.2. The van der Waals surface area contributed by atoms with Crippen molar-refractivity contribution in [3.63, 3.8) is 0 Å². The van der Waals surface area contributed by atoms with Gasteiger partial charge in [0.1, 0.15) is 4.90 Å². The maximum absolute atomic E-state index is 12.3. The van der Waals surface area contributed by atoms with E-state index >= 15 is 0 Å². The van der Waals surface area contributed by atoms with E-state index < -0.39 is 10.0 Å². The number of carbonyl (C=O) groups excluding carboxylic acids is 1. The molecule has 2 aromatic carbocycles. The van der Waals surface area contributed by atoms with E-state index in [1.165, 1.54) is 31.8 Å². The molecule has 0 aliphatic rings. The van der Waals surface area contributed by atoms with Crippen LogP contribution in [0.3, 0.4) is 0 Å². The molecule has 0 unspecified atom stereocenters. The molecule has 1 N–H and O–H groups in total. The average Bonchev–Trinajstić information content (AvgIpc) is 2.63. The van der Waals surface area contributed by atoms with Crippen LogP contribution in [0.2, 0.25) is 5.02 Å². The monoisotopic (exact) mass is 423 g/mol. The predicted molar refractivity (Wildman–Crippen MR) is 113 cm³/mol. The molecule has 0 aliphatic heterocycles. The molecular weight excluding hydrogens is 398 g/mol. The number of amides is 1. The van der Waals surface area contributed by atoms with Crippen LogP contribution in [0.4, 0.5) is 5.69 Å². The van der Waals surface area contributed by atoms with Crippen molar-refractivity contribution in [3.8, 4) is 0 Å². The van der Waals surface area contributed by atoms with Gasteiger partial charge in [0, 0.05) is 26.3 Å². The molecule has 1 amide bonds. The van der Waals surface area contributed by atoms with Crippen LogP contribution < -0.4 is 5.32 Å². The van der Waals surface area contributed by atoms with Crippen LogP contribution in [-0.4, -0.2) is 51.2 Å². The highest BCUT2D eigenvalue weighted by atomic mass is 35.5. The third-order valence-corrected chi connectivity index (χ3v) is 6.57. The molecule has 0 aromatic heterocycles. The zero-order valence-corrected chi connectivity index (χ0v) is 18.1. The molecule has 0 fully saturated rings. The summed E-state index contributed by atoms with van der Waals surface area (Å²) < 4.78 is 25.8. The largest absolute Gasteiger partial charge is 0.325 e. The third-order valence-electron chi connectivity index (χ3n) is 4.27. The molecule has 0 saturated carbocycles. The van der Waals surface area contributed by atoms with Crippen LogP contribution in [0, 0.1) is 0 Å². The average molecular weight is 424 g/mol. The normalized spacial score (nSPS) is 11.8. The van der Waals surface area contributed by atoms with Gasteiger partial charge in [-0.05, 0) is 42.8 Å². The summed E-state index contributed by atoms with van der Waals surface area (Å²) in [6.45, 7) is 2.92. The van der Waals surface area contributed by atoms with Crippen LogP contribution in [0.5, 0.6) is 0 Å². The van der Waals surface area contributed by atoms with E-state index in [9.17, 15) is 13.2 Å². The number of nitrogens with one attached hydrogen (secondary N) is 1. The number of nitrogens with zero attached hydrogens (tertiary/aromatic N) is 2. The van der Waals surface area contributed by atoms with Crippen molar-refractivity contribution in [1.82, 2.24) is 9.21 Å². The number of benzene rings is 2. The van der Waals surface area contributed by atoms with Crippen LogP contribution in [0.1, 0.15) is 18.1 Å². The first kappa shape index (κ1) is 22.4. The Labute approximate surface area is 172 Å². The highest BCUT2D eigenvalue weighted by Gasteiger charge is 2.21. The van der Waals surface area contributed by atoms with E-state index in [4.69, 9.17) is 11.6 Å². The highest BCUT2D eigenvalue weighted by Crippen LogP contribution is 2.26. The van der Waals surface area contributed by atoms with Crippen LogP contribution in [0.25, 0.3) is 0 Å². The number of aryl methyl sites for hydroxylation is 1. The number of likely N-dealkylation sites (N-methyl/N-ethyl adjacent to an activating group) is 1.